The molecule has 1 aromatic carbocycles. The van der Waals surface area contributed by atoms with Gasteiger partial charge in [0.2, 0.25) is 0 Å². The Bertz CT molecular complexity index is 392. The number of rotatable bonds is 3. The van der Waals surface area contributed by atoms with Gasteiger partial charge in [-0.3, -0.25) is 10.1 Å². The Morgan fingerprint density at radius 3 is 2.60 bits per heavy atom. The van der Waals surface area contributed by atoms with E-state index in [4.69, 9.17) is 4.74 Å². The Hall–Kier alpha value is -1.30. The van der Waals surface area contributed by atoms with Crippen molar-refractivity contribution in [1.29, 1.82) is 0 Å². The van der Waals surface area contributed by atoms with Gasteiger partial charge < -0.3 is 9.84 Å². The quantitative estimate of drug-likeness (QED) is 0.680. The highest BCUT2D eigenvalue weighted by Crippen LogP contribution is 2.37. The van der Waals surface area contributed by atoms with E-state index in [1.165, 1.54) is 12.1 Å². The van der Waals surface area contributed by atoms with Crippen LogP contribution in [0.15, 0.2) is 16.6 Å². The van der Waals surface area contributed by atoms with Gasteiger partial charge in [-0.05, 0) is 29.8 Å². The van der Waals surface area contributed by atoms with E-state index in [1.54, 1.807) is 0 Å². The van der Waals surface area contributed by atoms with Gasteiger partial charge in [0.25, 0.3) is 0 Å². The van der Waals surface area contributed by atoms with Crippen LogP contribution >= 0.6 is 15.9 Å². The number of phenolic OH excluding ortho intramolecular Hbond substituents is 1. The molecule has 0 aliphatic rings. The Kier molecular flexibility index (Phi) is 3.52. The predicted octanol–water partition coefficient (Wildman–Crippen LogP) is 2.85. The summed E-state index contributed by atoms with van der Waals surface area (Å²) >= 11 is 3.14. The minimum Gasteiger partial charge on any atom is -0.502 e. The van der Waals surface area contributed by atoms with Gasteiger partial charge >= 0.3 is 5.69 Å². The van der Waals surface area contributed by atoms with Crippen molar-refractivity contribution < 1.29 is 14.8 Å². The molecule has 0 saturated heterocycles. The van der Waals surface area contributed by atoms with Crippen LogP contribution in [0, 0.1) is 10.1 Å². The summed E-state index contributed by atoms with van der Waals surface area (Å²) in [7, 11) is 0. The zero-order valence-corrected chi connectivity index (χ0v) is 9.82. The molecule has 0 aromatic heterocycles. The molecule has 0 heterocycles. The minimum absolute atomic E-state index is 0.0674. The first kappa shape index (κ1) is 11.8. The number of ether oxygens (including phenoxy) is 1. The maximum atomic E-state index is 10.5. The molecule has 0 radical (unpaired) electrons. The van der Waals surface area contributed by atoms with E-state index in [-0.39, 0.29) is 11.8 Å². The highest BCUT2D eigenvalue weighted by molar-refractivity contribution is 9.10. The van der Waals surface area contributed by atoms with Crippen molar-refractivity contribution in [2.75, 3.05) is 0 Å². The highest BCUT2D eigenvalue weighted by atomic mass is 79.9. The van der Waals surface area contributed by atoms with Crippen molar-refractivity contribution in [3.05, 3.63) is 26.7 Å². The molecule has 0 bridgehead atoms. The molecular weight excluding hydrogens is 266 g/mol. The van der Waals surface area contributed by atoms with Crippen LogP contribution in [0.25, 0.3) is 0 Å². The fourth-order valence-electron chi connectivity index (χ4n) is 1.02. The number of halogens is 1. The molecule has 1 rings (SSSR count). The topological polar surface area (TPSA) is 72.6 Å². The standard InChI is InChI=1S/C9H10BrNO4/c1-5(2)15-9-4-8(12)7(11(13)14)3-6(9)10/h3-5,12H,1-2H3. The highest BCUT2D eigenvalue weighted by Gasteiger charge is 2.17. The van der Waals surface area contributed by atoms with Crippen molar-refractivity contribution in [3.63, 3.8) is 0 Å². The van der Waals surface area contributed by atoms with Crippen LogP contribution in [0.1, 0.15) is 13.8 Å². The van der Waals surface area contributed by atoms with Crippen LogP contribution in [-0.2, 0) is 0 Å². The molecule has 82 valence electrons. The normalized spacial score (nSPS) is 10.4. The van der Waals surface area contributed by atoms with Crippen LogP contribution in [0.4, 0.5) is 5.69 Å². The van der Waals surface area contributed by atoms with Gasteiger partial charge in [0, 0.05) is 12.1 Å². The lowest BCUT2D eigenvalue weighted by Crippen LogP contribution is -2.06. The van der Waals surface area contributed by atoms with Gasteiger partial charge in [0.1, 0.15) is 5.75 Å². The summed E-state index contributed by atoms with van der Waals surface area (Å²) in [6, 6.07) is 2.44. The molecule has 0 aliphatic carbocycles. The molecule has 0 fully saturated rings. The van der Waals surface area contributed by atoms with Crippen LogP contribution in [0.5, 0.6) is 11.5 Å². The number of hydrogen-bond acceptors (Lipinski definition) is 4. The molecule has 0 saturated carbocycles. The summed E-state index contributed by atoms with van der Waals surface area (Å²) in [6.07, 6.45) is -0.0674. The van der Waals surface area contributed by atoms with Crippen LogP contribution in [0.2, 0.25) is 0 Å². The second-order valence-electron chi connectivity index (χ2n) is 3.20. The van der Waals surface area contributed by atoms with Gasteiger partial charge in [0.05, 0.1) is 15.5 Å². The molecule has 0 spiro atoms. The molecule has 5 nitrogen and oxygen atoms in total. The molecule has 6 heteroatoms. The third kappa shape index (κ3) is 2.82. The van der Waals surface area contributed by atoms with Crippen LogP contribution in [-0.4, -0.2) is 16.1 Å². The number of nitro groups is 1. The molecule has 0 amide bonds. The Morgan fingerprint density at radius 1 is 1.53 bits per heavy atom. The van der Waals surface area contributed by atoms with E-state index in [1.807, 2.05) is 13.8 Å². The maximum Gasteiger partial charge on any atom is 0.312 e. The molecule has 0 aliphatic heterocycles. The Morgan fingerprint density at radius 2 is 2.13 bits per heavy atom. The zero-order chi connectivity index (χ0) is 11.6. The smallest absolute Gasteiger partial charge is 0.312 e. The van der Waals surface area contributed by atoms with Crippen molar-refractivity contribution in [3.8, 4) is 11.5 Å². The first-order valence-corrected chi connectivity index (χ1v) is 5.04. The molecule has 0 atom stereocenters. The maximum absolute atomic E-state index is 10.5. The van der Waals surface area contributed by atoms with E-state index in [2.05, 4.69) is 15.9 Å². The second kappa shape index (κ2) is 4.48. The van der Waals surface area contributed by atoms with E-state index >= 15 is 0 Å². The number of nitro benzene ring substituents is 1. The fraction of sp³-hybridized carbons (Fsp3) is 0.333. The van der Waals surface area contributed by atoms with Gasteiger partial charge in [-0.15, -0.1) is 0 Å². The lowest BCUT2D eigenvalue weighted by Gasteiger charge is -2.11. The van der Waals surface area contributed by atoms with Crippen molar-refractivity contribution >= 4 is 21.6 Å². The van der Waals surface area contributed by atoms with Crippen LogP contribution < -0.4 is 4.74 Å². The van der Waals surface area contributed by atoms with E-state index < -0.39 is 10.7 Å². The van der Waals surface area contributed by atoms with Gasteiger partial charge in [-0.2, -0.15) is 0 Å². The monoisotopic (exact) mass is 275 g/mol. The third-order valence-corrected chi connectivity index (χ3v) is 2.21. The summed E-state index contributed by atoms with van der Waals surface area (Å²) < 4.78 is 5.78. The summed E-state index contributed by atoms with van der Waals surface area (Å²) in [5.74, 6) is -0.0213. The Balaban J connectivity index is 3.13. The largest absolute Gasteiger partial charge is 0.502 e. The number of nitrogens with zero attached hydrogens (tertiary/aromatic N) is 1. The zero-order valence-electron chi connectivity index (χ0n) is 8.23. The summed E-state index contributed by atoms with van der Waals surface area (Å²) in [4.78, 5) is 9.84. The van der Waals surface area contributed by atoms with Crippen molar-refractivity contribution in [2.24, 2.45) is 0 Å². The SMILES string of the molecule is CC(C)Oc1cc(O)c([N+](=O)[O-])cc1Br. The first-order chi connectivity index (χ1) is 6.91. The van der Waals surface area contributed by atoms with Gasteiger partial charge in [-0.25, -0.2) is 0 Å². The molecule has 1 N–H and O–H groups in total. The number of phenols is 1. The van der Waals surface area contributed by atoms with E-state index in [0.717, 1.165) is 0 Å². The molecule has 15 heavy (non-hydrogen) atoms. The lowest BCUT2D eigenvalue weighted by molar-refractivity contribution is -0.386. The Labute approximate surface area is 95.0 Å². The summed E-state index contributed by atoms with van der Waals surface area (Å²) in [5.41, 5.74) is -0.349. The van der Waals surface area contributed by atoms with E-state index in [9.17, 15) is 15.2 Å². The van der Waals surface area contributed by atoms with Crippen molar-refractivity contribution in [1.82, 2.24) is 0 Å². The average molecular weight is 276 g/mol. The van der Waals surface area contributed by atoms with Crippen molar-refractivity contribution in [2.45, 2.75) is 20.0 Å². The third-order valence-electron chi connectivity index (χ3n) is 1.59. The minimum atomic E-state index is -0.654. The second-order valence-corrected chi connectivity index (χ2v) is 4.05. The van der Waals surface area contributed by atoms with Crippen LogP contribution in [0.3, 0.4) is 0 Å². The van der Waals surface area contributed by atoms with Gasteiger partial charge in [0.15, 0.2) is 5.75 Å². The number of hydrogen-bond donors (Lipinski definition) is 1. The molecule has 1 aromatic rings. The summed E-state index contributed by atoms with van der Waals surface area (Å²) in [6.45, 7) is 3.65. The molecular formula is C9H10BrNO4. The van der Waals surface area contributed by atoms with E-state index in [0.29, 0.717) is 10.2 Å². The van der Waals surface area contributed by atoms with Gasteiger partial charge in [-0.1, -0.05) is 0 Å². The summed E-state index contributed by atoms with van der Waals surface area (Å²) in [5, 5.41) is 19.8. The predicted molar refractivity (Wildman–Crippen MR) is 58.2 cm³/mol. The number of benzene rings is 1. The first-order valence-electron chi connectivity index (χ1n) is 4.25. The average Bonchev–Trinajstić information content (AvgIpc) is 2.09. The number of aromatic hydroxyl groups is 1. The lowest BCUT2D eigenvalue weighted by atomic mass is 10.3. The fourth-order valence-corrected chi connectivity index (χ4v) is 1.45. The molecule has 0 unspecified atom stereocenters.